The van der Waals surface area contributed by atoms with E-state index in [-0.39, 0.29) is 0 Å². The molecule has 2 rings (SSSR count). The second-order valence-electron chi connectivity index (χ2n) is 3.23. The molecule has 2 saturated heterocycles. The highest BCUT2D eigenvalue weighted by Crippen LogP contribution is 2.32. The van der Waals surface area contributed by atoms with Crippen molar-refractivity contribution in [2.24, 2.45) is 5.92 Å². The van der Waals surface area contributed by atoms with Crippen molar-refractivity contribution in [1.29, 1.82) is 0 Å². The van der Waals surface area contributed by atoms with E-state index in [2.05, 4.69) is 10.1 Å². The van der Waals surface area contributed by atoms with E-state index in [0.29, 0.717) is 0 Å². The summed E-state index contributed by atoms with van der Waals surface area (Å²) in [4.78, 5) is 0. The third-order valence-corrected chi connectivity index (χ3v) is 3.46. The van der Waals surface area contributed by atoms with Crippen LogP contribution in [0.1, 0.15) is 25.7 Å². The molecule has 0 saturated carbocycles. The van der Waals surface area contributed by atoms with Crippen molar-refractivity contribution >= 4 is 11.9 Å². The fourth-order valence-corrected chi connectivity index (χ4v) is 2.78. The lowest BCUT2D eigenvalue weighted by Gasteiger charge is -2.17. The summed E-state index contributed by atoms with van der Waals surface area (Å²) in [7, 11) is 0. The van der Waals surface area contributed by atoms with Crippen LogP contribution in [0.5, 0.6) is 0 Å². The van der Waals surface area contributed by atoms with Crippen LogP contribution in [0, 0.1) is 11.7 Å². The summed E-state index contributed by atoms with van der Waals surface area (Å²) in [6.07, 6.45) is 5.67. The second kappa shape index (κ2) is 3.14. The molecule has 57 valence electrons. The molecule has 0 spiro atoms. The molecule has 0 aliphatic carbocycles. The van der Waals surface area contributed by atoms with E-state index in [1.54, 1.807) is 0 Å². The number of nitrogens with zero attached hydrogens (tertiary/aromatic N) is 1. The maximum atomic E-state index is 2.51. The Bertz CT molecular complexity index is 93.8. The molecule has 2 fully saturated rings. The van der Waals surface area contributed by atoms with Gasteiger partial charge in [0.05, 0.1) is 0 Å². The molecule has 1 nitrogen and oxygen atoms in total. The Morgan fingerprint density at radius 2 is 2.30 bits per heavy atom. The van der Waals surface area contributed by atoms with Crippen LogP contribution in [0.3, 0.4) is 0 Å². The number of rotatable bonds is 0. The first-order valence-corrected chi connectivity index (χ1v) is 5.02. The van der Waals surface area contributed by atoms with E-state index in [9.17, 15) is 0 Å². The first-order valence-electron chi connectivity index (χ1n) is 4.18. The smallest absolute Gasteiger partial charge is 0.0329 e. The van der Waals surface area contributed by atoms with Crippen LogP contribution in [0.4, 0.5) is 0 Å². The maximum Gasteiger partial charge on any atom is 0.0329 e. The molecular weight excluding hydrogens is 142 g/mol. The minimum absolute atomic E-state index is 1.01. The van der Waals surface area contributed by atoms with Gasteiger partial charge in [-0.05, 0) is 31.6 Å². The first kappa shape index (κ1) is 6.99. The molecule has 0 aromatic rings. The van der Waals surface area contributed by atoms with Gasteiger partial charge in [-0.2, -0.15) is 0 Å². The molecule has 2 atom stereocenters. The zero-order valence-electron chi connectivity index (χ0n) is 6.25. The van der Waals surface area contributed by atoms with Gasteiger partial charge in [-0.25, -0.2) is 0 Å². The van der Waals surface area contributed by atoms with Crippen molar-refractivity contribution in [3.05, 3.63) is 5.75 Å². The summed E-state index contributed by atoms with van der Waals surface area (Å²) in [5.74, 6) is 3.40. The quantitative estimate of drug-likeness (QED) is 0.495. The van der Waals surface area contributed by atoms with Gasteiger partial charge in [0.2, 0.25) is 0 Å². The van der Waals surface area contributed by atoms with Gasteiger partial charge in [0.1, 0.15) is 0 Å². The van der Waals surface area contributed by atoms with E-state index in [4.69, 9.17) is 0 Å². The third kappa shape index (κ3) is 1.48. The molecule has 0 aromatic carbocycles. The number of hydrogen-bond donors (Lipinski definition) is 0. The number of fused-ring (bicyclic) bond motifs is 3. The highest BCUT2D eigenvalue weighted by atomic mass is 32.2. The summed E-state index contributed by atoms with van der Waals surface area (Å²) >= 11 is 1.95. The largest absolute Gasteiger partial charge is 0.250 e. The van der Waals surface area contributed by atoms with E-state index in [1.165, 1.54) is 38.8 Å². The highest BCUT2D eigenvalue weighted by molar-refractivity contribution is 7.99. The summed E-state index contributed by atoms with van der Waals surface area (Å²) in [5.41, 5.74) is 0. The fraction of sp³-hybridized carbons (Fsp3) is 0.875. The monoisotopic (exact) mass is 156 g/mol. The zero-order valence-corrected chi connectivity index (χ0v) is 7.07. The molecule has 2 heterocycles. The topological polar surface area (TPSA) is 3.24 Å². The van der Waals surface area contributed by atoms with Gasteiger partial charge in [0, 0.05) is 18.8 Å². The first-order chi connectivity index (χ1) is 4.95. The van der Waals surface area contributed by atoms with Gasteiger partial charge in [-0.3, -0.25) is 4.31 Å². The number of hydrogen-bond acceptors (Lipinski definition) is 2. The molecule has 2 heteroatoms. The molecule has 1 radical (unpaired) electrons. The SMILES string of the molecule is [CH]1CC2CCCN(CC2)S1. The standard InChI is InChI=1S/C8H14NS/c1-2-8-3-6-9(5-1)10-7-4-8/h7-8H,1-6H2. The van der Waals surface area contributed by atoms with Crippen LogP contribution < -0.4 is 0 Å². The average molecular weight is 156 g/mol. The van der Waals surface area contributed by atoms with Crippen LogP contribution in [0.25, 0.3) is 0 Å². The lowest BCUT2D eigenvalue weighted by atomic mass is 9.98. The normalized spacial score (nSPS) is 40.8. The molecule has 2 aliphatic heterocycles. The van der Waals surface area contributed by atoms with Gasteiger partial charge in [0.15, 0.2) is 0 Å². The fourth-order valence-electron chi connectivity index (χ4n) is 1.76. The molecule has 2 unspecified atom stereocenters. The van der Waals surface area contributed by atoms with Crippen molar-refractivity contribution in [1.82, 2.24) is 4.31 Å². The van der Waals surface area contributed by atoms with Crippen LogP contribution in [0.2, 0.25) is 0 Å². The van der Waals surface area contributed by atoms with Crippen LogP contribution in [-0.4, -0.2) is 17.4 Å². The average Bonchev–Trinajstić information content (AvgIpc) is 2.17. The van der Waals surface area contributed by atoms with E-state index in [1.807, 2.05) is 11.9 Å². The minimum atomic E-state index is 1.01. The van der Waals surface area contributed by atoms with Crippen molar-refractivity contribution in [3.63, 3.8) is 0 Å². The Hall–Kier alpha value is 0.310. The molecule has 0 N–H and O–H groups in total. The predicted octanol–water partition coefficient (Wildman–Crippen LogP) is 2.30. The van der Waals surface area contributed by atoms with Crippen LogP contribution >= 0.6 is 11.9 Å². The summed E-state index contributed by atoms with van der Waals surface area (Å²) in [5, 5.41) is 0. The molecule has 2 aliphatic rings. The Morgan fingerprint density at radius 1 is 1.30 bits per heavy atom. The predicted molar refractivity (Wildman–Crippen MR) is 45.4 cm³/mol. The minimum Gasteiger partial charge on any atom is -0.250 e. The summed E-state index contributed by atoms with van der Waals surface area (Å²) in [6.45, 7) is 2.64. The Morgan fingerprint density at radius 3 is 3.30 bits per heavy atom. The second-order valence-corrected chi connectivity index (χ2v) is 4.29. The van der Waals surface area contributed by atoms with Gasteiger partial charge in [0.25, 0.3) is 0 Å². The van der Waals surface area contributed by atoms with E-state index < -0.39 is 0 Å². The maximum absolute atomic E-state index is 2.51. The lowest BCUT2D eigenvalue weighted by molar-refractivity contribution is 0.464. The van der Waals surface area contributed by atoms with E-state index in [0.717, 1.165) is 5.92 Å². The van der Waals surface area contributed by atoms with Crippen molar-refractivity contribution in [2.45, 2.75) is 25.7 Å². The van der Waals surface area contributed by atoms with Gasteiger partial charge in [-0.15, -0.1) is 0 Å². The Balaban J connectivity index is 2.01. The Kier molecular flexibility index (Phi) is 2.19. The molecule has 0 amide bonds. The van der Waals surface area contributed by atoms with Crippen LogP contribution in [-0.2, 0) is 0 Å². The molecule has 2 bridgehead atoms. The van der Waals surface area contributed by atoms with Gasteiger partial charge in [-0.1, -0.05) is 11.9 Å². The lowest BCUT2D eigenvalue weighted by Crippen LogP contribution is -2.14. The van der Waals surface area contributed by atoms with Gasteiger partial charge >= 0.3 is 0 Å². The summed E-state index contributed by atoms with van der Waals surface area (Å²) < 4.78 is 2.51. The molecule has 10 heavy (non-hydrogen) atoms. The van der Waals surface area contributed by atoms with E-state index >= 15 is 0 Å². The Labute approximate surface area is 67.3 Å². The van der Waals surface area contributed by atoms with Crippen molar-refractivity contribution in [3.8, 4) is 0 Å². The van der Waals surface area contributed by atoms with Crippen molar-refractivity contribution < 1.29 is 0 Å². The van der Waals surface area contributed by atoms with Crippen LogP contribution in [0.15, 0.2) is 0 Å². The highest BCUT2D eigenvalue weighted by Gasteiger charge is 2.20. The molecule has 0 aromatic heterocycles. The third-order valence-electron chi connectivity index (χ3n) is 2.46. The van der Waals surface area contributed by atoms with Crippen molar-refractivity contribution in [2.75, 3.05) is 13.1 Å². The molecular formula is C8H14NS. The zero-order chi connectivity index (χ0) is 6.81. The van der Waals surface area contributed by atoms with Gasteiger partial charge < -0.3 is 0 Å². The summed E-state index contributed by atoms with van der Waals surface area (Å²) in [6, 6.07) is 0.